The number of ether oxygens (including phenoxy) is 4. The Morgan fingerprint density at radius 3 is 1.26 bits per heavy atom. The second-order valence-electron chi connectivity index (χ2n) is 5.87. The number of halogens is 1. The zero-order valence-electron chi connectivity index (χ0n) is 17.2. The van der Waals surface area contributed by atoms with Gasteiger partial charge >= 0.3 is 11.5 Å². The van der Waals surface area contributed by atoms with Gasteiger partial charge in [0.1, 0.15) is 0 Å². The minimum atomic E-state index is -4.94. The minimum Gasteiger partial charge on any atom is -0.493 e. The molecule has 166 valence electrons. The summed E-state index contributed by atoms with van der Waals surface area (Å²) in [5.74, 6) is 4.09. The van der Waals surface area contributed by atoms with Crippen molar-refractivity contribution in [1.82, 2.24) is 0 Å². The Balaban J connectivity index is 0.000000614. The van der Waals surface area contributed by atoms with E-state index in [-0.39, 0.29) is 0 Å². The van der Waals surface area contributed by atoms with E-state index in [4.69, 9.17) is 42.0 Å². The molecule has 0 spiro atoms. The molecule has 9 nitrogen and oxygen atoms in total. The highest BCUT2D eigenvalue weighted by Gasteiger charge is 2.20. The van der Waals surface area contributed by atoms with Crippen LogP contribution in [0.15, 0.2) is 59.0 Å². The number of rotatable bonds is 6. The van der Waals surface area contributed by atoms with Crippen LogP contribution >= 0.6 is 0 Å². The summed E-state index contributed by atoms with van der Waals surface area (Å²) >= 11 is 0. The van der Waals surface area contributed by atoms with E-state index in [9.17, 15) is 0 Å². The molecule has 10 heteroatoms. The van der Waals surface area contributed by atoms with Gasteiger partial charge in [0.2, 0.25) is 0 Å². The lowest BCUT2D eigenvalue weighted by atomic mass is 10.1. The van der Waals surface area contributed by atoms with E-state index in [1.807, 2.05) is 54.6 Å². The second kappa shape index (κ2) is 10.8. The molecule has 0 N–H and O–H groups in total. The zero-order valence-corrected chi connectivity index (χ0v) is 18.0. The summed E-state index contributed by atoms with van der Waals surface area (Å²) in [6.07, 6.45) is 0. The molecule has 0 aliphatic rings. The Morgan fingerprint density at radius 2 is 0.935 bits per heavy atom. The first-order chi connectivity index (χ1) is 14.7. The monoisotopic (exact) mass is 452 g/mol. The third-order valence-electron chi connectivity index (χ3n) is 4.05. The van der Waals surface area contributed by atoms with E-state index in [0.29, 0.717) is 23.0 Å². The first kappa shape index (κ1) is 24.2. The molecule has 1 heterocycles. The molecule has 0 bridgehead atoms. The highest BCUT2D eigenvalue weighted by Crippen LogP contribution is 2.36. The quantitative estimate of drug-likeness (QED) is 0.478. The van der Waals surface area contributed by atoms with Crippen molar-refractivity contribution in [2.45, 2.75) is 0 Å². The molecular formula is C21H21ClO9. The zero-order chi connectivity index (χ0) is 23.0. The van der Waals surface area contributed by atoms with Crippen molar-refractivity contribution >= 4 is 0 Å². The minimum absolute atomic E-state index is 0.650. The van der Waals surface area contributed by atoms with Crippen LogP contribution in [0.25, 0.3) is 22.6 Å². The molecule has 3 rings (SSSR count). The third-order valence-corrected chi connectivity index (χ3v) is 4.05. The molecule has 0 atom stereocenters. The van der Waals surface area contributed by atoms with Gasteiger partial charge in [-0.2, -0.15) is 0 Å². The molecule has 0 amide bonds. The lowest BCUT2D eigenvalue weighted by Crippen LogP contribution is -2.68. The smallest absolute Gasteiger partial charge is 0.360 e. The van der Waals surface area contributed by atoms with Gasteiger partial charge in [0.25, 0.3) is 0 Å². The topological polar surface area (TPSA) is 140 Å². The largest absolute Gasteiger partial charge is 0.493 e. The summed E-state index contributed by atoms with van der Waals surface area (Å²) in [6, 6.07) is 17.1. The molecule has 0 saturated heterocycles. The third kappa shape index (κ3) is 6.99. The fourth-order valence-electron chi connectivity index (χ4n) is 2.70. The number of hydrogen-bond donors (Lipinski definition) is 0. The molecule has 0 aliphatic carbocycles. The molecule has 0 saturated carbocycles. The van der Waals surface area contributed by atoms with Crippen LogP contribution in [-0.4, -0.2) is 28.4 Å². The maximum atomic E-state index is 8.49. The van der Waals surface area contributed by atoms with E-state index < -0.39 is 10.2 Å². The van der Waals surface area contributed by atoms with Crippen LogP contribution in [-0.2, 0) is 0 Å². The van der Waals surface area contributed by atoms with Crippen molar-refractivity contribution in [3.8, 4) is 45.6 Å². The molecule has 2 aromatic carbocycles. The van der Waals surface area contributed by atoms with Crippen LogP contribution in [0, 0.1) is 10.2 Å². The lowest BCUT2D eigenvalue weighted by Gasteiger charge is -2.17. The van der Waals surface area contributed by atoms with Gasteiger partial charge in [0.15, 0.2) is 23.0 Å². The Kier molecular flexibility index (Phi) is 8.43. The summed E-state index contributed by atoms with van der Waals surface area (Å²) in [4.78, 5) is 0. The number of hydrogen-bond acceptors (Lipinski definition) is 8. The summed E-state index contributed by atoms with van der Waals surface area (Å²) in [6.45, 7) is 0. The van der Waals surface area contributed by atoms with E-state index in [0.717, 1.165) is 22.6 Å². The van der Waals surface area contributed by atoms with Crippen molar-refractivity contribution in [3.05, 3.63) is 54.6 Å². The average molecular weight is 453 g/mol. The van der Waals surface area contributed by atoms with Crippen LogP contribution in [0.2, 0.25) is 0 Å². The fourth-order valence-corrected chi connectivity index (χ4v) is 2.70. The Morgan fingerprint density at radius 1 is 0.581 bits per heavy atom. The van der Waals surface area contributed by atoms with Crippen molar-refractivity contribution in [1.29, 1.82) is 0 Å². The standard InChI is InChI=1S/C21H21O5.ClHO4/c1-22-18-10-8-14(12-20(18)24-3)16-6-5-7-17(26-16)15-9-11-19(23-2)21(13-15)25-4;2-1(3,4)5/h5-13H,1-4H3;(H,2,3,4,5)/q+1;/p-1. The molecular weight excluding hydrogens is 432 g/mol. The van der Waals surface area contributed by atoms with Crippen LogP contribution in [0.3, 0.4) is 0 Å². The van der Waals surface area contributed by atoms with Gasteiger partial charge in [-0.25, -0.2) is 23.1 Å². The van der Waals surface area contributed by atoms with Gasteiger partial charge in [-0.3, -0.25) is 0 Å². The van der Waals surface area contributed by atoms with Gasteiger partial charge in [-0.05, 0) is 30.3 Å². The van der Waals surface area contributed by atoms with Gasteiger partial charge in [-0.1, -0.05) is 0 Å². The van der Waals surface area contributed by atoms with Crippen LogP contribution < -0.4 is 37.6 Å². The lowest BCUT2D eigenvalue weighted by molar-refractivity contribution is -2.00. The van der Waals surface area contributed by atoms with Gasteiger partial charge in [-0.15, -0.1) is 10.2 Å². The average Bonchev–Trinajstić information content (AvgIpc) is 2.77. The van der Waals surface area contributed by atoms with Gasteiger partial charge in [0.05, 0.1) is 39.6 Å². The Bertz CT molecular complexity index is 926. The highest BCUT2D eigenvalue weighted by molar-refractivity contribution is 5.67. The van der Waals surface area contributed by atoms with Crippen molar-refractivity contribution in [2.75, 3.05) is 28.4 Å². The number of benzene rings is 2. The van der Waals surface area contributed by atoms with E-state index >= 15 is 0 Å². The van der Waals surface area contributed by atoms with Crippen LogP contribution in [0.4, 0.5) is 0 Å². The maximum Gasteiger partial charge on any atom is 0.360 e. The first-order valence-corrected chi connectivity index (χ1v) is 9.93. The molecule has 0 radical (unpaired) electrons. The maximum absolute atomic E-state index is 8.49. The van der Waals surface area contributed by atoms with Crippen molar-refractivity contribution in [2.24, 2.45) is 0 Å². The van der Waals surface area contributed by atoms with E-state index in [1.165, 1.54) is 0 Å². The fraction of sp³-hybridized carbons (Fsp3) is 0.190. The van der Waals surface area contributed by atoms with E-state index in [2.05, 4.69) is 0 Å². The molecule has 0 fully saturated rings. The van der Waals surface area contributed by atoms with Crippen LogP contribution in [0.5, 0.6) is 23.0 Å². The molecule has 1 aromatic heterocycles. The second-order valence-corrected chi connectivity index (χ2v) is 6.63. The summed E-state index contributed by atoms with van der Waals surface area (Å²) < 4.78 is 61.4. The Labute approximate surface area is 181 Å². The molecule has 0 aliphatic heterocycles. The molecule has 31 heavy (non-hydrogen) atoms. The van der Waals surface area contributed by atoms with Gasteiger partial charge in [0, 0.05) is 24.3 Å². The van der Waals surface area contributed by atoms with Crippen molar-refractivity contribution in [3.63, 3.8) is 0 Å². The highest BCUT2D eigenvalue weighted by atomic mass is 35.7. The predicted molar refractivity (Wildman–Crippen MR) is 100 cm³/mol. The van der Waals surface area contributed by atoms with Crippen LogP contribution in [0.1, 0.15) is 0 Å². The molecule has 3 aromatic rings. The van der Waals surface area contributed by atoms with Crippen molar-refractivity contribution < 1.29 is 52.2 Å². The first-order valence-electron chi connectivity index (χ1n) is 8.70. The van der Waals surface area contributed by atoms with E-state index in [1.54, 1.807) is 28.4 Å². The summed E-state index contributed by atoms with van der Waals surface area (Å²) in [5.41, 5.74) is 1.79. The SMILES string of the molecule is COc1ccc(-c2cccc(-c3ccc(OC)c(OC)c3)[o+]2)cc1OC.[O-][Cl+3]([O-])([O-])[O-]. The summed E-state index contributed by atoms with van der Waals surface area (Å²) in [7, 11) is 1.50. The Hall–Kier alpha value is -3.08. The normalized spacial score (nSPS) is 10.6. The molecule has 0 unspecified atom stereocenters. The summed E-state index contributed by atoms with van der Waals surface area (Å²) in [5, 5.41) is 0. The predicted octanol–water partition coefficient (Wildman–Crippen LogP) is 0.173. The van der Waals surface area contributed by atoms with Gasteiger partial charge < -0.3 is 18.9 Å². The number of methoxy groups -OCH3 is 4.